The van der Waals surface area contributed by atoms with Crippen molar-refractivity contribution >= 4 is 29.0 Å². The number of hydrogen-bond donors (Lipinski definition) is 1. The van der Waals surface area contributed by atoms with E-state index in [1.807, 2.05) is 36.2 Å². The van der Waals surface area contributed by atoms with E-state index in [0.717, 1.165) is 50.5 Å². The molecule has 2 aliphatic rings. The molecule has 174 valence electrons. The van der Waals surface area contributed by atoms with E-state index in [-0.39, 0.29) is 11.4 Å². The molecule has 2 amide bonds. The average molecular weight is 460 g/mol. The zero-order valence-electron chi connectivity index (χ0n) is 19.5. The highest BCUT2D eigenvalue weighted by molar-refractivity contribution is 6.34. The predicted octanol–water partition coefficient (Wildman–Crippen LogP) is 4.75. The maximum absolute atomic E-state index is 13.1. The maximum Gasteiger partial charge on any atom is 0.321 e. The van der Waals surface area contributed by atoms with Crippen molar-refractivity contribution in [3.63, 3.8) is 0 Å². The lowest BCUT2D eigenvalue weighted by Crippen LogP contribution is -2.49. The Morgan fingerprint density at radius 3 is 2.44 bits per heavy atom. The number of para-hydroxylation sites is 1. The van der Waals surface area contributed by atoms with Crippen LogP contribution in [-0.4, -0.2) is 66.1 Å². The molecule has 2 saturated heterocycles. The number of carbonyl (C=O) groups is 1. The van der Waals surface area contributed by atoms with Crippen molar-refractivity contribution < 1.29 is 9.21 Å². The number of halogens is 1. The number of amides is 2. The van der Waals surface area contributed by atoms with Crippen molar-refractivity contribution in [1.29, 1.82) is 0 Å². The minimum Gasteiger partial charge on any atom is -0.445 e. The molecule has 4 rings (SSSR count). The van der Waals surface area contributed by atoms with E-state index in [2.05, 4.69) is 40.9 Å². The number of benzene rings is 1. The van der Waals surface area contributed by atoms with E-state index in [9.17, 15) is 4.79 Å². The highest BCUT2D eigenvalue weighted by Gasteiger charge is 2.36. The molecule has 0 bridgehead atoms. The number of piperazine rings is 1. The van der Waals surface area contributed by atoms with E-state index in [4.69, 9.17) is 16.0 Å². The molecule has 2 fully saturated rings. The van der Waals surface area contributed by atoms with Gasteiger partial charge in [-0.1, -0.05) is 24.6 Å². The van der Waals surface area contributed by atoms with Crippen molar-refractivity contribution in [2.45, 2.75) is 52.0 Å². The predicted molar refractivity (Wildman–Crippen MR) is 129 cm³/mol. The highest BCUT2D eigenvalue weighted by Crippen LogP contribution is 2.37. The summed E-state index contributed by atoms with van der Waals surface area (Å²) in [5.74, 6) is 1.59. The van der Waals surface area contributed by atoms with Gasteiger partial charge in [0.15, 0.2) is 5.89 Å². The van der Waals surface area contributed by atoms with Gasteiger partial charge >= 0.3 is 6.03 Å². The second-order valence-corrected chi connectivity index (χ2v) is 9.88. The standard InChI is InChI=1S/C24H34ClN5O2/c1-17(2)28-12-14-29(15-13-28)20-7-5-6-19(25)22(20)27-23(31)30-10-8-24(4,9-11-30)21-16-26-18(3)32-21/h5-7,16-17H,8-15H2,1-4H3,(H,27,31). The van der Waals surface area contributed by atoms with Gasteiger partial charge in [-0.25, -0.2) is 9.78 Å². The van der Waals surface area contributed by atoms with Crippen LogP contribution in [0.1, 0.15) is 45.3 Å². The first-order valence-electron chi connectivity index (χ1n) is 11.5. The molecule has 0 aliphatic carbocycles. The lowest BCUT2D eigenvalue weighted by atomic mass is 9.78. The lowest BCUT2D eigenvalue weighted by Gasteiger charge is -2.39. The summed E-state index contributed by atoms with van der Waals surface area (Å²) in [7, 11) is 0. The Balaban J connectivity index is 1.42. The first kappa shape index (κ1) is 22.9. The van der Waals surface area contributed by atoms with Gasteiger partial charge in [-0.15, -0.1) is 0 Å². The minimum atomic E-state index is -0.101. The normalized spacial score (nSPS) is 19.4. The van der Waals surface area contributed by atoms with Gasteiger partial charge in [0.25, 0.3) is 0 Å². The van der Waals surface area contributed by atoms with Gasteiger partial charge in [0.2, 0.25) is 0 Å². The Morgan fingerprint density at radius 1 is 1.16 bits per heavy atom. The number of oxazole rings is 1. The number of urea groups is 1. The molecule has 1 N–H and O–H groups in total. The first-order valence-corrected chi connectivity index (χ1v) is 11.9. The fraction of sp³-hybridized carbons (Fsp3) is 0.583. The third-order valence-corrected chi connectivity index (χ3v) is 7.29. The summed E-state index contributed by atoms with van der Waals surface area (Å²) in [5.41, 5.74) is 1.61. The Hall–Kier alpha value is -2.25. The molecule has 7 nitrogen and oxygen atoms in total. The third kappa shape index (κ3) is 4.74. The summed E-state index contributed by atoms with van der Waals surface area (Å²) in [4.78, 5) is 24.0. The number of rotatable bonds is 4. The van der Waals surface area contributed by atoms with Gasteiger partial charge < -0.3 is 19.5 Å². The van der Waals surface area contributed by atoms with Crippen LogP contribution in [-0.2, 0) is 5.41 Å². The van der Waals surface area contributed by atoms with Crippen LogP contribution < -0.4 is 10.2 Å². The smallest absolute Gasteiger partial charge is 0.321 e. The first-order chi connectivity index (χ1) is 15.3. The Bertz CT molecular complexity index is 944. The van der Waals surface area contributed by atoms with Crippen LogP contribution in [0, 0.1) is 6.92 Å². The van der Waals surface area contributed by atoms with Crippen molar-refractivity contribution in [1.82, 2.24) is 14.8 Å². The quantitative estimate of drug-likeness (QED) is 0.714. The number of piperidine rings is 1. The lowest BCUT2D eigenvalue weighted by molar-refractivity contribution is 0.163. The number of aryl methyl sites for hydroxylation is 1. The van der Waals surface area contributed by atoms with E-state index in [1.54, 1.807) is 0 Å². The fourth-order valence-electron chi connectivity index (χ4n) is 4.66. The van der Waals surface area contributed by atoms with Crippen LogP contribution in [0.4, 0.5) is 16.2 Å². The molecular weight excluding hydrogens is 426 g/mol. The van der Waals surface area contributed by atoms with Crippen LogP contribution in [0.5, 0.6) is 0 Å². The molecular formula is C24H34ClN5O2. The van der Waals surface area contributed by atoms with Crippen molar-refractivity contribution in [3.8, 4) is 0 Å². The summed E-state index contributed by atoms with van der Waals surface area (Å²) in [6.07, 6.45) is 3.49. The zero-order chi connectivity index (χ0) is 22.9. The monoisotopic (exact) mass is 459 g/mol. The van der Waals surface area contributed by atoms with E-state index >= 15 is 0 Å². The van der Waals surface area contributed by atoms with Gasteiger partial charge in [-0.3, -0.25) is 4.90 Å². The van der Waals surface area contributed by atoms with Gasteiger partial charge in [0.05, 0.1) is 22.6 Å². The number of anilines is 2. The van der Waals surface area contributed by atoms with Crippen LogP contribution in [0.15, 0.2) is 28.8 Å². The molecule has 8 heteroatoms. The number of nitrogens with one attached hydrogen (secondary N) is 1. The molecule has 0 unspecified atom stereocenters. The third-order valence-electron chi connectivity index (χ3n) is 6.98. The second kappa shape index (κ2) is 9.32. The number of carbonyl (C=O) groups excluding carboxylic acids is 1. The van der Waals surface area contributed by atoms with Crippen LogP contribution in [0.3, 0.4) is 0 Å². The van der Waals surface area contributed by atoms with E-state index < -0.39 is 0 Å². The molecule has 1 aromatic carbocycles. The largest absolute Gasteiger partial charge is 0.445 e. The SMILES string of the molecule is Cc1ncc(C2(C)CCN(C(=O)Nc3c(Cl)cccc3N3CCN(C(C)C)CC3)CC2)o1. The molecule has 0 atom stereocenters. The van der Waals surface area contributed by atoms with Crippen molar-refractivity contribution in [3.05, 3.63) is 41.1 Å². The molecule has 0 radical (unpaired) electrons. The molecule has 32 heavy (non-hydrogen) atoms. The molecule has 0 saturated carbocycles. The number of hydrogen-bond acceptors (Lipinski definition) is 5. The van der Waals surface area contributed by atoms with Crippen LogP contribution >= 0.6 is 11.6 Å². The topological polar surface area (TPSA) is 64.9 Å². The summed E-state index contributed by atoms with van der Waals surface area (Å²) in [6.45, 7) is 13.7. The molecule has 2 aromatic rings. The summed E-state index contributed by atoms with van der Waals surface area (Å²) in [5, 5.41) is 3.69. The molecule has 1 aromatic heterocycles. The fourth-order valence-corrected chi connectivity index (χ4v) is 4.87. The van der Waals surface area contributed by atoms with Gasteiger partial charge in [-0.05, 0) is 38.8 Å². The summed E-state index contributed by atoms with van der Waals surface area (Å²) in [6, 6.07) is 6.28. The molecule has 0 spiro atoms. The van der Waals surface area contributed by atoms with Crippen molar-refractivity contribution in [2.75, 3.05) is 49.5 Å². The minimum absolute atomic E-state index is 0.0936. The Labute approximate surface area is 195 Å². The van der Waals surface area contributed by atoms with E-state index in [0.29, 0.717) is 35.7 Å². The average Bonchev–Trinajstić information content (AvgIpc) is 3.23. The number of nitrogens with zero attached hydrogens (tertiary/aromatic N) is 4. The van der Waals surface area contributed by atoms with E-state index in [1.165, 1.54) is 0 Å². The number of likely N-dealkylation sites (tertiary alicyclic amines) is 1. The summed E-state index contributed by atoms with van der Waals surface area (Å²) >= 11 is 6.55. The number of aromatic nitrogens is 1. The van der Waals surface area contributed by atoms with Crippen LogP contribution in [0.25, 0.3) is 0 Å². The molecule has 3 heterocycles. The zero-order valence-corrected chi connectivity index (χ0v) is 20.3. The Morgan fingerprint density at radius 2 is 1.84 bits per heavy atom. The highest BCUT2D eigenvalue weighted by atomic mass is 35.5. The summed E-state index contributed by atoms with van der Waals surface area (Å²) < 4.78 is 5.78. The maximum atomic E-state index is 13.1. The van der Waals surface area contributed by atoms with Crippen molar-refractivity contribution in [2.24, 2.45) is 0 Å². The molecule has 2 aliphatic heterocycles. The van der Waals surface area contributed by atoms with Gasteiger partial charge in [0, 0.05) is 57.6 Å². The van der Waals surface area contributed by atoms with Gasteiger partial charge in [-0.2, -0.15) is 0 Å². The van der Waals surface area contributed by atoms with Crippen LogP contribution in [0.2, 0.25) is 5.02 Å². The van der Waals surface area contributed by atoms with Gasteiger partial charge in [0.1, 0.15) is 5.76 Å². The Kier molecular flexibility index (Phi) is 6.67. The second-order valence-electron chi connectivity index (χ2n) is 9.47.